The SMILES string of the molecule is C#Cc1cc(Cl)c2c(c1)C=C(C(=O)OCC)C(CC(F)(F)F)O2. The summed E-state index contributed by atoms with van der Waals surface area (Å²) in [5, 5.41) is 0.0850. The van der Waals surface area contributed by atoms with Gasteiger partial charge >= 0.3 is 12.1 Å². The standard InChI is InChI=1S/C16H12ClF3O3/c1-3-9-5-10-7-11(15(21)22-4-2)13(8-16(18,19)20)23-14(10)12(17)6-9/h1,5-7,13H,4,8H2,2H3. The minimum atomic E-state index is -4.51. The van der Waals surface area contributed by atoms with Gasteiger partial charge in [-0.1, -0.05) is 17.5 Å². The molecule has 0 aromatic heterocycles. The minimum Gasteiger partial charge on any atom is -0.483 e. The quantitative estimate of drug-likeness (QED) is 0.614. The van der Waals surface area contributed by atoms with Crippen molar-refractivity contribution in [2.24, 2.45) is 0 Å². The number of esters is 1. The van der Waals surface area contributed by atoms with Crippen LogP contribution in [-0.2, 0) is 9.53 Å². The van der Waals surface area contributed by atoms with Gasteiger partial charge in [0.15, 0.2) is 0 Å². The Kier molecular flexibility index (Phi) is 4.90. The first kappa shape index (κ1) is 17.2. The lowest BCUT2D eigenvalue weighted by molar-refractivity contribution is -0.151. The summed E-state index contributed by atoms with van der Waals surface area (Å²) < 4.78 is 48.3. The van der Waals surface area contributed by atoms with Crippen molar-refractivity contribution in [3.63, 3.8) is 0 Å². The van der Waals surface area contributed by atoms with Crippen LogP contribution in [0.3, 0.4) is 0 Å². The van der Waals surface area contributed by atoms with Gasteiger partial charge in [0.1, 0.15) is 11.9 Å². The van der Waals surface area contributed by atoms with E-state index in [1.54, 1.807) is 6.92 Å². The van der Waals surface area contributed by atoms with E-state index >= 15 is 0 Å². The van der Waals surface area contributed by atoms with Gasteiger partial charge in [-0.25, -0.2) is 4.79 Å². The van der Waals surface area contributed by atoms with Gasteiger partial charge < -0.3 is 9.47 Å². The second-order valence-electron chi connectivity index (χ2n) is 4.77. The predicted octanol–water partition coefficient (Wildman–Crippen LogP) is 3.98. The van der Waals surface area contributed by atoms with Gasteiger partial charge in [-0.3, -0.25) is 0 Å². The van der Waals surface area contributed by atoms with Crippen LogP contribution in [0.4, 0.5) is 13.2 Å². The van der Waals surface area contributed by atoms with Crippen molar-refractivity contribution in [1.29, 1.82) is 0 Å². The van der Waals surface area contributed by atoms with E-state index in [2.05, 4.69) is 5.92 Å². The molecule has 0 spiro atoms. The predicted molar refractivity (Wildman–Crippen MR) is 79.1 cm³/mol. The van der Waals surface area contributed by atoms with Crippen molar-refractivity contribution in [2.75, 3.05) is 6.61 Å². The zero-order chi connectivity index (χ0) is 17.2. The molecule has 23 heavy (non-hydrogen) atoms. The molecule has 1 aliphatic rings. The first-order valence-electron chi connectivity index (χ1n) is 6.67. The maximum Gasteiger partial charge on any atom is 0.392 e. The number of rotatable bonds is 3. The van der Waals surface area contributed by atoms with Crippen LogP contribution in [0.15, 0.2) is 17.7 Å². The summed E-state index contributed by atoms with van der Waals surface area (Å²) in [6, 6.07) is 2.92. The van der Waals surface area contributed by atoms with Crippen molar-refractivity contribution in [1.82, 2.24) is 0 Å². The number of ether oxygens (including phenoxy) is 2. The van der Waals surface area contributed by atoms with E-state index in [4.69, 9.17) is 27.5 Å². The van der Waals surface area contributed by atoms with Gasteiger partial charge in [-0.15, -0.1) is 6.42 Å². The number of terminal acetylenes is 1. The molecule has 1 heterocycles. The Bertz CT molecular complexity index is 702. The summed E-state index contributed by atoms with van der Waals surface area (Å²) in [5.74, 6) is 1.57. The number of halogens is 4. The van der Waals surface area contributed by atoms with Crippen LogP contribution in [-0.4, -0.2) is 24.9 Å². The molecule has 1 unspecified atom stereocenters. The van der Waals surface area contributed by atoms with Gasteiger partial charge in [-0.2, -0.15) is 13.2 Å². The average Bonchev–Trinajstić information content (AvgIpc) is 2.45. The van der Waals surface area contributed by atoms with Gasteiger partial charge in [0.05, 0.1) is 23.6 Å². The van der Waals surface area contributed by atoms with E-state index in [-0.39, 0.29) is 23.0 Å². The Morgan fingerprint density at radius 1 is 1.48 bits per heavy atom. The largest absolute Gasteiger partial charge is 0.483 e. The van der Waals surface area contributed by atoms with Gasteiger partial charge in [0.2, 0.25) is 0 Å². The lowest BCUT2D eigenvalue weighted by Gasteiger charge is -2.27. The molecular formula is C16H12ClF3O3. The highest BCUT2D eigenvalue weighted by Gasteiger charge is 2.39. The zero-order valence-corrected chi connectivity index (χ0v) is 12.8. The zero-order valence-electron chi connectivity index (χ0n) is 12.0. The first-order valence-corrected chi connectivity index (χ1v) is 7.05. The van der Waals surface area contributed by atoms with Crippen molar-refractivity contribution >= 4 is 23.6 Å². The fraction of sp³-hybridized carbons (Fsp3) is 0.312. The number of benzene rings is 1. The molecule has 1 aliphatic heterocycles. The monoisotopic (exact) mass is 344 g/mol. The van der Waals surface area contributed by atoms with E-state index in [0.29, 0.717) is 11.1 Å². The van der Waals surface area contributed by atoms with E-state index in [1.165, 1.54) is 18.2 Å². The van der Waals surface area contributed by atoms with Crippen LogP contribution in [0.1, 0.15) is 24.5 Å². The van der Waals surface area contributed by atoms with Crippen LogP contribution in [0.25, 0.3) is 6.08 Å². The van der Waals surface area contributed by atoms with Crippen LogP contribution in [0, 0.1) is 12.3 Å². The summed E-state index contributed by atoms with van der Waals surface area (Å²) in [4.78, 5) is 11.9. The number of hydrogen-bond acceptors (Lipinski definition) is 3. The summed E-state index contributed by atoms with van der Waals surface area (Å²) in [6.07, 6.45) is -0.790. The third kappa shape index (κ3) is 3.99. The molecule has 0 radical (unpaired) electrons. The highest BCUT2D eigenvalue weighted by molar-refractivity contribution is 6.32. The molecule has 1 atom stereocenters. The summed E-state index contributed by atoms with van der Waals surface area (Å²) in [5.41, 5.74) is 0.542. The number of alkyl halides is 3. The summed E-state index contributed by atoms with van der Waals surface area (Å²) in [6.45, 7) is 1.59. The second-order valence-corrected chi connectivity index (χ2v) is 5.17. The molecule has 0 fully saturated rings. The fourth-order valence-electron chi connectivity index (χ4n) is 2.16. The lowest BCUT2D eigenvalue weighted by atomic mass is 9.98. The van der Waals surface area contributed by atoms with Crippen LogP contribution >= 0.6 is 11.6 Å². The van der Waals surface area contributed by atoms with Crippen LogP contribution in [0.5, 0.6) is 5.75 Å². The molecule has 0 amide bonds. The lowest BCUT2D eigenvalue weighted by Crippen LogP contribution is -2.33. The smallest absolute Gasteiger partial charge is 0.392 e. The maximum atomic E-state index is 12.7. The van der Waals surface area contributed by atoms with E-state index in [1.807, 2.05) is 0 Å². The highest BCUT2D eigenvalue weighted by atomic mass is 35.5. The van der Waals surface area contributed by atoms with Gasteiger partial charge in [0.25, 0.3) is 0 Å². The molecule has 1 aromatic carbocycles. The van der Waals surface area contributed by atoms with E-state index in [0.717, 1.165) is 0 Å². The van der Waals surface area contributed by atoms with Gasteiger partial charge in [-0.05, 0) is 25.1 Å². The molecular weight excluding hydrogens is 333 g/mol. The van der Waals surface area contributed by atoms with Gasteiger partial charge in [0, 0.05) is 11.1 Å². The molecule has 7 heteroatoms. The van der Waals surface area contributed by atoms with Crippen molar-refractivity contribution in [3.05, 3.63) is 33.9 Å². The van der Waals surface area contributed by atoms with Crippen molar-refractivity contribution in [2.45, 2.75) is 25.6 Å². The maximum absolute atomic E-state index is 12.7. The number of carbonyl (C=O) groups excluding carboxylic acids is 1. The van der Waals surface area contributed by atoms with E-state index in [9.17, 15) is 18.0 Å². The highest BCUT2D eigenvalue weighted by Crippen LogP contribution is 2.40. The topological polar surface area (TPSA) is 35.5 Å². The third-order valence-electron chi connectivity index (χ3n) is 3.08. The van der Waals surface area contributed by atoms with Crippen molar-refractivity contribution < 1.29 is 27.4 Å². The molecule has 122 valence electrons. The Morgan fingerprint density at radius 2 is 2.17 bits per heavy atom. The fourth-order valence-corrected chi connectivity index (χ4v) is 2.43. The molecule has 0 N–H and O–H groups in total. The summed E-state index contributed by atoms with van der Waals surface area (Å²) >= 11 is 6.00. The number of carbonyl (C=O) groups is 1. The molecule has 2 rings (SSSR count). The number of fused-ring (bicyclic) bond motifs is 1. The molecule has 0 saturated carbocycles. The second kappa shape index (κ2) is 6.55. The Morgan fingerprint density at radius 3 is 2.74 bits per heavy atom. The summed E-state index contributed by atoms with van der Waals surface area (Å²) in [7, 11) is 0. The van der Waals surface area contributed by atoms with Crippen LogP contribution in [0.2, 0.25) is 5.02 Å². The first-order chi connectivity index (χ1) is 10.7. The minimum absolute atomic E-state index is 0.0346. The number of hydrogen-bond donors (Lipinski definition) is 0. The Balaban J connectivity index is 2.50. The van der Waals surface area contributed by atoms with Crippen LogP contribution < -0.4 is 4.74 Å². The average molecular weight is 345 g/mol. The van der Waals surface area contributed by atoms with Crippen molar-refractivity contribution in [3.8, 4) is 18.1 Å². The molecule has 3 nitrogen and oxygen atoms in total. The Labute approximate surface area is 136 Å². The third-order valence-corrected chi connectivity index (χ3v) is 3.37. The Hall–Kier alpha value is -2.13. The molecule has 0 bridgehead atoms. The molecule has 1 aromatic rings. The molecule has 0 aliphatic carbocycles. The molecule has 0 saturated heterocycles. The normalized spacial score (nSPS) is 16.7. The van der Waals surface area contributed by atoms with E-state index < -0.39 is 24.7 Å².